The van der Waals surface area contributed by atoms with Gasteiger partial charge in [0.2, 0.25) is 0 Å². The number of para-hydroxylation sites is 1. The highest BCUT2D eigenvalue weighted by molar-refractivity contribution is 7.13. The van der Waals surface area contributed by atoms with Gasteiger partial charge in [0.15, 0.2) is 6.54 Å². The van der Waals surface area contributed by atoms with Crippen molar-refractivity contribution in [2.75, 3.05) is 18.9 Å². The normalized spacial score (nSPS) is 12.6. The lowest BCUT2D eigenvalue weighted by molar-refractivity contribution is -0.885. The number of alkyl halides is 3. The monoisotopic (exact) mass is 420 g/mol. The highest BCUT2D eigenvalue weighted by atomic mass is 32.1. The number of likely N-dealkylation sites (N-methyl/N-ethyl adjacent to an activating group) is 1. The molecule has 1 unspecified atom stereocenters. The van der Waals surface area contributed by atoms with Gasteiger partial charge in [-0.05, 0) is 19.1 Å². The number of halogens is 3. The quantitative estimate of drug-likeness (QED) is 0.638. The second kappa shape index (κ2) is 8.75. The summed E-state index contributed by atoms with van der Waals surface area (Å²) in [6, 6.07) is 13.0. The van der Waals surface area contributed by atoms with Crippen LogP contribution in [0, 0.1) is 6.92 Å². The van der Waals surface area contributed by atoms with Crippen LogP contribution in [0.1, 0.15) is 16.8 Å². The van der Waals surface area contributed by atoms with Crippen LogP contribution in [0.2, 0.25) is 0 Å². The lowest BCUT2D eigenvalue weighted by atomic mass is 10.1. The van der Waals surface area contributed by atoms with Crippen molar-refractivity contribution >= 4 is 22.9 Å². The molecule has 4 nitrogen and oxygen atoms in total. The minimum absolute atomic E-state index is 0.0313. The second-order valence-corrected chi connectivity index (χ2v) is 7.77. The predicted molar refractivity (Wildman–Crippen MR) is 108 cm³/mol. The molecule has 2 aromatic carbocycles. The largest absolute Gasteiger partial charge is 0.418 e. The van der Waals surface area contributed by atoms with E-state index < -0.39 is 17.6 Å². The minimum Gasteiger partial charge on any atom is -0.325 e. The van der Waals surface area contributed by atoms with Crippen molar-refractivity contribution in [1.29, 1.82) is 0 Å². The first-order chi connectivity index (χ1) is 13.7. The summed E-state index contributed by atoms with van der Waals surface area (Å²) in [5, 5.41) is 5.21. The van der Waals surface area contributed by atoms with E-state index in [0.29, 0.717) is 6.54 Å². The van der Waals surface area contributed by atoms with Gasteiger partial charge in [0.1, 0.15) is 17.2 Å². The molecule has 0 radical (unpaired) electrons. The number of aryl methyl sites for hydroxylation is 1. The van der Waals surface area contributed by atoms with Crippen molar-refractivity contribution in [3.8, 4) is 10.6 Å². The fraction of sp³-hybridized carbons (Fsp3) is 0.238. The molecule has 0 fully saturated rings. The average molecular weight is 420 g/mol. The summed E-state index contributed by atoms with van der Waals surface area (Å²) in [4.78, 5) is 17.7. The summed E-state index contributed by atoms with van der Waals surface area (Å²) in [6.45, 7) is 2.55. The van der Waals surface area contributed by atoms with Crippen LogP contribution >= 0.6 is 11.3 Å². The Morgan fingerprint density at radius 3 is 2.52 bits per heavy atom. The first-order valence-electron chi connectivity index (χ1n) is 9.01. The van der Waals surface area contributed by atoms with Gasteiger partial charge in [-0.2, -0.15) is 13.2 Å². The van der Waals surface area contributed by atoms with Crippen LogP contribution in [-0.4, -0.2) is 24.5 Å². The summed E-state index contributed by atoms with van der Waals surface area (Å²) < 4.78 is 39.1. The number of amides is 1. The van der Waals surface area contributed by atoms with Crippen LogP contribution in [-0.2, 0) is 17.5 Å². The summed E-state index contributed by atoms with van der Waals surface area (Å²) in [7, 11) is 1.81. The number of nitrogens with one attached hydrogen (secondary N) is 2. The van der Waals surface area contributed by atoms with Crippen LogP contribution in [0.25, 0.3) is 10.6 Å². The molecule has 1 aromatic heterocycles. The number of benzene rings is 2. The topological polar surface area (TPSA) is 46.4 Å². The van der Waals surface area contributed by atoms with Crippen LogP contribution in [0.15, 0.2) is 53.9 Å². The second-order valence-electron chi connectivity index (χ2n) is 6.91. The van der Waals surface area contributed by atoms with E-state index >= 15 is 0 Å². The predicted octanol–water partition coefficient (Wildman–Crippen LogP) is 3.79. The number of quaternary nitrogens is 1. The van der Waals surface area contributed by atoms with E-state index in [-0.39, 0.29) is 12.2 Å². The Hall–Kier alpha value is -2.71. The van der Waals surface area contributed by atoms with Gasteiger partial charge in [-0.1, -0.05) is 42.0 Å². The highest BCUT2D eigenvalue weighted by Crippen LogP contribution is 2.34. The van der Waals surface area contributed by atoms with Crippen molar-refractivity contribution in [3.63, 3.8) is 0 Å². The van der Waals surface area contributed by atoms with E-state index in [4.69, 9.17) is 0 Å². The molecular formula is C21H21F3N3OS+. The molecule has 0 bridgehead atoms. The lowest BCUT2D eigenvalue weighted by Gasteiger charge is -2.15. The third-order valence-electron chi connectivity index (χ3n) is 4.30. The van der Waals surface area contributed by atoms with E-state index in [9.17, 15) is 18.0 Å². The van der Waals surface area contributed by atoms with Crippen LogP contribution in [0.5, 0.6) is 0 Å². The molecule has 0 spiro atoms. The van der Waals surface area contributed by atoms with Gasteiger partial charge in [-0.25, -0.2) is 4.98 Å². The molecule has 3 aromatic rings. The molecule has 8 heteroatoms. The zero-order chi connectivity index (χ0) is 21.0. The maximum absolute atomic E-state index is 13.0. The number of aromatic nitrogens is 1. The fourth-order valence-corrected chi connectivity index (χ4v) is 3.72. The van der Waals surface area contributed by atoms with Gasteiger partial charge in [0.05, 0.1) is 18.3 Å². The number of nitrogens with zero attached hydrogens (tertiary/aromatic N) is 1. The van der Waals surface area contributed by atoms with Crippen molar-refractivity contribution < 1.29 is 22.9 Å². The molecule has 1 amide bonds. The maximum atomic E-state index is 13.0. The first kappa shape index (κ1) is 21.0. The van der Waals surface area contributed by atoms with Gasteiger partial charge in [-0.3, -0.25) is 4.79 Å². The Morgan fingerprint density at radius 1 is 1.14 bits per heavy atom. The standard InChI is InChI=1S/C21H20F3N3OS/c1-14-7-9-15(10-8-14)20-25-16(13-29-20)11-27(2)12-19(28)26-18-6-4-3-5-17(18)21(22,23)24/h3-10,13H,11-12H2,1-2H3,(H,26,28)/p+1. The molecule has 3 rings (SSSR count). The molecule has 1 heterocycles. The minimum atomic E-state index is -4.52. The van der Waals surface area contributed by atoms with Gasteiger partial charge < -0.3 is 10.2 Å². The van der Waals surface area contributed by atoms with E-state index in [1.54, 1.807) is 7.05 Å². The van der Waals surface area contributed by atoms with Crippen LogP contribution in [0.3, 0.4) is 0 Å². The summed E-state index contributed by atoms with van der Waals surface area (Å²) in [5.74, 6) is -0.479. The molecular weight excluding hydrogens is 399 g/mol. The van der Waals surface area contributed by atoms with Crippen LogP contribution in [0.4, 0.5) is 18.9 Å². The summed E-state index contributed by atoms with van der Waals surface area (Å²) in [6.07, 6.45) is -4.52. The van der Waals surface area contributed by atoms with E-state index in [1.165, 1.54) is 35.1 Å². The molecule has 0 aliphatic heterocycles. The fourth-order valence-electron chi connectivity index (χ4n) is 2.90. The van der Waals surface area contributed by atoms with Gasteiger partial charge in [0.25, 0.3) is 5.91 Å². The number of hydrogen-bond donors (Lipinski definition) is 2. The first-order valence-corrected chi connectivity index (χ1v) is 9.89. The van der Waals surface area contributed by atoms with Gasteiger partial charge in [0, 0.05) is 10.9 Å². The zero-order valence-corrected chi connectivity index (χ0v) is 16.8. The Bertz CT molecular complexity index is 983. The number of hydrogen-bond acceptors (Lipinski definition) is 3. The zero-order valence-electron chi connectivity index (χ0n) is 16.0. The van der Waals surface area contributed by atoms with Crippen molar-refractivity contribution in [2.24, 2.45) is 0 Å². The molecule has 0 saturated carbocycles. The summed E-state index contributed by atoms with van der Waals surface area (Å²) >= 11 is 1.53. The molecule has 2 N–H and O–H groups in total. The van der Waals surface area contributed by atoms with Crippen molar-refractivity contribution in [1.82, 2.24) is 4.98 Å². The van der Waals surface area contributed by atoms with Gasteiger partial charge in [-0.15, -0.1) is 11.3 Å². The van der Waals surface area contributed by atoms with Crippen molar-refractivity contribution in [2.45, 2.75) is 19.6 Å². The summed E-state index contributed by atoms with van der Waals surface area (Å²) in [5.41, 5.74) is 1.96. The smallest absolute Gasteiger partial charge is 0.325 e. The molecule has 1 atom stereocenters. The van der Waals surface area contributed by atoms with Crippen molar-refractivity contribution in [3.05, 3.63) is 70.7 Å². The highest BCUT2D eigenvalue weighted by Gasteiger charge is 2.33. The average Bonchev–Trinajstić information content (AvgIpc) is 3.10. The molecule has 0 aliphatic carbocycles. The number of anilines is 1. The Labute approximate surface area is 171 Å². The number of thiazole rings is 1. The van der Waals surface area contributed by atoms with Crippen LogP contribution < -0.4 is 10.2 Å². The third-order valence-corrected chi connectivity index (χ3v) is 5.24. The van der Waals surface area contributed by atoms with E-state index in [1.807, 2.05) is 36.6 Å². The molecule has 0 aliphatic rings. The Kier molecular flexibility index (Phi) is 6.34. The SMILES string of the molecule is Cc1ccc(-c2nc(C[NH+](C)CC(=O)Nc3ccccc3C(F)(F)F)cs2)cc1. The number of rotatable bonds is 6. The number of carbonyl (C=O) groups is 1. The lowest BCUT2D eigenvalue weighted by Crippen LogP contribution is -3.08. The maximum Gasteiger partial charge on any atom is 0.418 e. The van der Waals surface area contributed by atoms with E-state index in [2.05, 4.69) is 10.3 Å². The Balaban J connectivity index is 1.59. The van der Waals surface area contributed by atoms with Gasteiger partial charge >= 0.3 is 6.18 Å². The molecule has 152 valence electrons. The Morgan fingerprint density at radius 2 is 1.83 bits per heavy atom. The van der Waals surface area contributed by atoms with E-state index in [0.717, 1.165) is 27.2 Å². The molecule has 0 saturated heterocycles. The number of carbonyl (C=O) groups excluding carboxylic acids is 1. The molecule has 29 heavy (non-hydrogen) atoms. The third kappa shape index (κ3) is 5.65.